The fourth-order valence-electron chi connectivity index (χ4n) is 3.48. The van der Waals surface area contributed by atoms with Gasteiger partial charge in [0.2, 0.25) is 0 Å². The highest BCUT2D eigenvalue weighted by Gasteiger charge is 2.45. The van der Waals surface area contributed by atoms with Crippen LogP contribution in [0.4, 0.5) is 0 Å². The maximum Gasteiger partial charge on any atom is 0.260 e. The summed E-state index contributed by atoms with van der Waals surface area (Å²) in [6.45, 7) is 9.92. The molecule has 0 aliphatic rings. The van der Waals surface area contributed by atoms with E-state index in [-0.39, 0.29) is 18.4 Å². The molecule has 0 spiro atoms. The first-order chi connectivity index (χ1) is 14.6. The highest BCUT2D eigenvalue weighted by Crippen LogP contribution is 2.62. The number of aliphatic hydroxyl groups is 1. The molecule has 4 atom stereocenters. The topological polar surface area (TPSA) is 72.8 Å². The minimum atomic E-state index is -3.77. The Morgan fingerprint density at radius 1 is 0.774 bits per heavy atom. The predicted molar refractivity (Wildman–Crippen MR) is 129 cm³/mol. The van der Waals surface area contributed by atoms with Gasteiger partial charge in [0.25, 0.3) is 14.7 Å². The quantitative estimate of drug-likeness (QED) is 0.390. The molecule has 0 unspecified atom stereocenters. The van der Waals surface area contributed by atoms with Crippen molar-refractivity contribution in [1.29, 1.82) is 0 Å². The highest BCUT2D eigenvalue weighted by atomic mass is 31.2. The molecule has 2 rings (SSSR count). The van der Waals surface area contributed by atoms with Gasteiger partial charge in [0, 0.05) is 10.6 Å². The van der Waals surface area contributed by atoms with Gasteiger partial charge in [-0.05, 0) is 55.9 Å². The molecule has 7 heteroatoms. The number of hydrogen-bond donors (Lipinski definition) is 1. The summed E-state index contributed by atoms with van der Waals surface area (Å²) in [5, 5.41) is 12.0. The van der Waals surface area contributed by atoms with Crippen LogP contribution < -0.4 is 10.6 Å². The number of aliphatic hydroxyl groups excluding tert-OH is 1. The van der Waals surface area contributed by atoms with Crippen molar-refractivity contribution in [2.45, 2.75) is 59.2 Å². The van der Waals surface area contributed by atoms with Crippen molar-refractivity contribution >= 4 is 25.3 Å². The van der Waals surface area contributed by atoms with Crippen LogP contribution in [0.25, 0.3) is 0 Å². The van der Waals surface area contributed by atoms with Gasteiger partial charge in [0.1, 0.15) is 11.7 Å². The van der Waals surface area contributed by atoms with Gasteiger partial charge < -0.3 is 14.2 Å². The molecule has 0 aromatic heterocycles. The molecule has 1 N–H and O–H groups in total. The molecule has 0 aliphatic carbocycles. The van der Waals surface area contributed by atoms with Crippen molar-refractivity contribution in [2.24, 2.45) is 11.8 Å². The van der Waals surface area contributed by atoms with Crippen molar-refractivity contribution in [3.63, 3.8) is 0 Å². The van der Waals surface area contributed by atoms with E-state index >= 15 is 0 Å². The van der Waals surface area contributed by atoms with Crippen molar-refractivity contribution in [2.75, 3.05) is 6.61 Å². The van der Waals surface area contributed by atoms with E-state index < -0.39 is 26.4 Å². The molecular formula is C24H36O5P2. The first-order valence-electron chi connectivity index (χ1n) is 10.9. The molecular weight excluding hydrogens is 430 g/mol. The third-order valence-corrected chi connectivity index (χ3v) is 10.4. The summed E-state index contributed by atoms with van der Waals surface area (Å²) in [5.74, 6) is -1.90. The summed E-state index contributed by atoms with van der Waals surface area (Å²) in [7, 11) is -7.30. The average Bonchev–Trinajstić information content (AvgIpc) is 2.73. The van der Waals surface area contributed by atoms with Gasteiger partial charge in [-0.2, -0.15) is 0 Å². The SMILES string of the molecule is CCO[P@](=O)(c1ccccc1)[C@H](CC(C)C)O[P@@](=O)(c1ccccc1)[C@@H](O)CC(C)C. The van der Waals surface area contributed by atoms with E-state index in [9.17, 15) is 14.2 Å². The Kier molecular flexibility index (Phi) is 9.73. The van der Waals surface area contributed by atoms with Crippen LogP contribution in [0.2, 0.25) is 0 Å². The molecule has 2 aromatic carbocycles. The van der Waals surface area contributed by atoms with Crippen LogP contribution in [0.1, 0.15) is 47.5 Å². The lowest BCUT2D eigenvalue weighted by Crippen LogP contribution is -2.29. The van der Waals surface area contributed by atoms with Gasteiger partial charge in [-0.25, -0.2) is 0 Å². The van der Waals surface area contributed by atoms with Crippen LogP contribution in [0, 0.1) is 11.8 Å². The van der Waals surface area contributed by atoms with E-state index in [0.29, 0.717) is 23.5 Å². The van der Waals surface area contributed by atoms with Crippen LogP contribution in [0.3, 0.4) is 0 Å². The second kappa shape index (κ2) is 11.6. The highest BCUT2D eigenvalue weighted by molar-refractivity contribution is 7.70. The largest absolute Gasteiger partial charge is 0.383 e. The number of rotatable bonds is 12. The van der Waals surface area contributed by atoms with Crippen LogP contribution in [-0.2, 0) is 18.2 Å². The normalized spacial score (nSPS) is 17.8. The van der Waals surface area contributed by atoms with E-state index in [4.69, 9.17) is 9.05 Å². The van der Waals surface area contributed by atoms with Crippen LogP contribution >= 0.6 is 14.7 Å². The maximum atomic E-state index is 14.3. The lowest BCUT2D eigenvalue weighted by atomic mass is 10.1. The molecule has 0 radical (unpaired) electrons. The van der Waals surface area contributed by atoms with Gasteiger partial charge >= 0.3 is 0 Å². The van der Waals surface area contributed by atoms with E-state index in [1.165, 1.54) is 0 Å². The summed E-state index contributed by atoms with van der Waals surface area (Å²) < 4.78 is 40.7. The molecule has 2 aromatic rings. The van der Waals surface area contributed by atoms with E-state index in [1.807, 2.05) is 39.8 Å². The predicted octanol–water partition coefficient (Wildman–Crippen LogP) is 5.98. The fraction of sp³-hybridized carbons (Fsp3) is 0.500. The fourth-order valence-corrected chi connectivity index (χ4v) is 9.05. The minimum absolute atomic E-state index is 0.118. The molecule has 0 heterocycles. The Bertz CT molecular complexity index is 883. The first kappa shape index (κ1) is 26.0. The van der Waals surface area contributed by atoms with E-state index in [2.05, 4.69) is 0 Å². The second-order valence-corrected chi connectivity index (χ2v) is 13.6. The lowest BCUT2D eigenvalue weighted by molar-refractivity contribution is 0.166. The van der Waals surface area contributed by atoms with Crippen LogP contribution in [0.5, 0.6) is 0 Å². The Morgan fingerprint density at radius 2 is 1.23 bits per heavy atom. The minimum Gasteiger partial charge on any atom is -0.383 e. The van der Waals surface area contributed by atoms with Gasteiger partial charge in [-0.15, -0.1) is 0 Å². The number of hydrogen-bond acceptors (Lipinski definition) is 5. The molecule has 0 bridgehead atoms. The van der Waals surface area contributed by atoms with E-state index in [1.54, 1.807) is 55.5 Å². The summed E-state index contributed by atoms with van der Waals surface area (Å²) in [6.07, 6.45) is 0.697. The zero-order chi connectivity index (χ0) is 23.1. The number of benzene rings is 2. The molecule has 0 amide bonds. The van der Waals surface area contributed by atoms with Gasteiger partial charge in [0.15, 0.2) is 0 Å². The summed E-state index contributed by atoms with van der Waals surface area (Å²) >= 11 is 0. The standard InChI is InChI=1S/C24H36O5P2/c1-6-28-31(27,22-15-11-8-12-16-22)24(18-20(4)5)29-30(26,23(25)17-19(2)3)21-13-9-7-10-14-21/h7-16,19-20,23-25H,6,17-18H2,1-5H3/t23-,24-,30+,31-/m1/s1. The zero-order valence-electron chi connectivity index (χ0n) is 19.2. The van der Waals surface area contributed by atoms with Gasteiger partial charge in [0.05, 0.1) is 6.61 Å². The molecule has 172 valence electrons. The van der Waals surface area contributed by atoms with Crippen molar-refractivity contribution in [3.8, 4) is 0 Å². The van der Waals surface area contributed by atoms with Gasteiger partial charge in [-0.1, -0.05) is 64.1 Å². The van der Waals surface area contributed by atoms with E-state index in [0.717, 1.165) is 0 Å². The molecule has 5 nitrogen and oxygen atoms in total. The molecule has 0 saturated carbocycles. The Balaban J connectivity index is 2.59. The Morgan fingerprint density at radius 3 is 1.65 bits per heavy atom. The molecule has 31 heavy (non-hydrogen) atoms. The third kappa shape index (κ3) is 6.63. The van der Waals surface area contributed by atoms with Gasteiger partial charge in [-0.3, -0.25) is 9.13 Å². The third-order valence-electron chi connectivity index (χ3n) is 4.96. The molecule has 0 saturated heterocycles. The van der Waals surface area contributed by atoms with Crippen molar-refractivity contribution in [1.82, 2.24) is 0 Å². The van der Waals surface area contributed by atoms with Crippen LogP contribution in [-0.4, -0.2) is 23.4 Å². The molecule has 0 fully saturated rings. The summed E-state index contributed by atoms with van der Waals surface area (Å²) in [5.41, 5.74) is 0. The smallest absolute Gasteiger partial charge is 0.260 e. The Hall–Kier alpha value is -1.22. The van der Waals surface area contributed by atoms with Crippen molar-refractivity contribution < 1.29 is 23.3 Å². The second-order valence-electron chi connectivity index (χ2n) is 8.58. The lowest BCUT2D eigenvalue weighted by Gasteiger charge is -2.34. The summed E-state index contributed by atoms with van der Waals surface area (Å²) in [4.78, 5) is 0. The zero-order valence-corrected chi connectivity index (χ0v) is 21.0. The van der Waals surface area contributed by atoms with Crippen LogP contribution in [0.15, 0.2) is 60.7 Å². The first-order valence-corrected chi connectivity index (χ1v) is 14.3. The van der Waals surface area contributed by atoms with Crippen molar-refractivity contribution in [3.05, 3.63) is 60.7 Å². The average molecular weight is 466 g/mol. The summed E-state index contributed by atoms with van der Waals surface area (Å²) in [6, 6.07) is 17.7. The molecule has 0 aliphatic heterocycles. The maximum absolute atomic E-state index is 14.3. The monoisotopic (exact) mass is 466 g/mol. The Labute approximate surface area is 187 Å².